The van der Waals surface area contributed by atoms with Gasteiger partial charge in [-0.3, -0.25) is 4.68 Å². The van der Waals surface area contributed by atoms with E-state index in [1.807, 2.05) is 24.4 Å². The molecule has 0 unspecified atom stereocenters. The Morgan fingerprint density at radius 1 is 1.18 bits per heavy atom. The van der Waals surface area contributed by atoms with Crippen LogP contribution in [0.4, 0.5) is 0 Å². The summed E-state index contributed by atoms with van der Waals surface area (Å²) in [6, 6.07) is 3.80. The highest BCUT2D eigenvalue weighted by Crippen LogP contribution is 2.28. The number of furan rings is 1. The number of ether oxygens (including phenoxy) is 1. The first-order valence-corrected chi connectivity index (χ1v) is 11.3. The van der Waals surface area contributed by atoms with E-state index < -0.39 is 10.0 Å². The van der Waals surface area contributed by atoms with Gasteiger partial charge in [0.2, 0.25) is 10.0 Å². The number of rotatable bonds is 5. The summed E-state index contributed by atoms with van der Waals surface area (Å²) < 4.78 is 40.2. The van der Waals surface area contributed by atoms with Gasteiger partial charge in [0.25, 0.3) is 0 Å². The monoisotopic (exact) mass is 422 g/mol. The van der Waals surface area contributed by atoms with Crippen molar-refractivity contribution < 1.29 is 17.6 Å². The molecule has 0 amide bonds. The van der Waals surface area contributed by atoms with Gasteiger partial charge in [-0.15, -0.1) is 11.3 Å². The van der Waals surface area contributed by atoms with Crippen LogP contribution in [0.5, 0.6) is 0 Å². The molecule has 0 aliphatic carbocycles. The standard InChI is InChI=1S/C18H22N4O4S2/c1-12-4-5-16(26-12)18-19-15(11-27-18)10-22-14(3)17(13(2)20-22)28(23,24)21-6-8-25-9-7-21/h4-5,11H,6-10H2,1-3H3. The van der Waals surface area contributed by atoms with Crippen molar-refractivity contribution in [2.45, 2.75) is 32.2 Å². The van der Waals surface area contributed by atoms with E-state index >= 15 is 0 Å². The van der Waals surface area contributed by atoms with E-state index in [0.717, 1.165) is 22.2 Å². The molecule has 28 heavy (non-hydrogen) atoms. The lowest BCUT2D eigenvalue weighted by Gasteiger charge is -2.26. The maximum Gasteiger partial charge on any atom is 0.246 e. The number of hydrogen-bond acceptors (Lipinski definition) is 7. The predicted octanol–water partition coefficient (Wildman–Crippen LogP) is 2.59. The molecule has 4 rings (SSSR count). The Balaban J connectivity index is 1.60. The van der Waals surface area contributed by atoms with Crippen molar-refractivity contribution >= 4 is 21.4 Å². The fourth-order valence-electron chi connectivity index (χ4n) is 3.32. The van der Waals surface area contributed by atoms with Crippen molar-refractivity contribution in [1.29, 1.82) is 0 Å². The van der Waals surface area contributed by atoms with Gasteiger partial charge in [0.15, 0.2) is 10.8 Å². The minimum absolute atomic E-state index is 0.284. The summed E-state index contributed by atoms with van der Waals surface area (Å²) in [5.41, 5.74) is 1.93. The molecular weight excluding hydrogens is 400 g/mol. The van der Waals surface area contributed by atoms with Crippen molar-refractivity contribution in [3.05, 3.63) is 40.4 Å². The number of sulfonamides is 1. The first kappa shape index (κ1) is 19.3. The van der Waals surface area contributed by atoms with Crippen LogP contribution >= 0.6 is 11.3 Å². The molecule has 0 bridgehead atoms. The Morgan fingerprint density at radius 3 is 2.61 bits per heavy atom. The Hall–Kier alpha value is -2.01. The minimum Gasteiger partial charge on any atom is -0.459 e. The lowest BCUT2D eigenvalue weighted by Crippen LogP contribution is -2.41. The molecule has 0 aromatic carbocycles. The van der Waals surface area contributed by atoms with E-state index in [2.05, 4.69) is 10.1 Å². The highest BCUT2D eigenvalue weighted by Gasteiger charge is 2.32. The number of hydrogen-bond donors (Lipinski definition) is 0. The topological polar surface area (TPSA) is 90.5 Å². The molecule has 3 aromatic rings. The summed E-state index contributed by atoms with van der Waals surface area (Å²) in [7, 11) is -3.59. The Kier molecular flexibility index (Phi) is 5.13. The molecule has 150 valence electrons. The van der Waals surface area contributed by atoms with E-state index in [0.29, 0.717) is 44.2 Å². The molecule has 0 N–H and O–H groups in total. The molecule has 1 fully saturated rings. The maximum atomic E-state index is 13.1. The van der Waals surface area contributed by atoms with Crippen LogP contribution in [0.15, 0.2) is 26.8 Å². The third-order valence-corrected chi connectivity index (χ3v) is 7.76. The first-order valence-electron chi connectivity index (χ1n) is 8.99. The second-order valence-electron chi connectivity index (χ2n) is 6.73. The van der Waals surface area contributed by atoms with Crippen LogP contribution in [0, 0.1) is 20.8 Å². The van der Waals surface area contributed by atoms with Gasteiger partial charge in [-0.25, -0.2) is 13.4 Å². The van der Waals surface area contributed by atoms with Gasteiger partial charge in [0.1, 0.15) is 10.7 Å². The molecule has 1 aliphatic rings. The molecule has 1 aliphatic heterocycles. The van der Waals surface area contributed by atoms with Crippen molar-refractivity contribution in [2.75, 3.05) is 26.3 Å². The van der Waals surface area contributed by atoms with Gasteiger partial charge in [-0.2, -0.15) is 9.40 Å². The zero-order valence-electron chi connectivity index (χ0n) is 16.0. The zero-order valence-corrected chi connectivity index (χ0v) is 17.6. The lowest BCUT2D eigenvalue weighted by molar-refractivity contribution is 0.0730. The number of thiazole rings is 1. The maximum absolute atomic E-state index is 13.1. The molecule has 0 spiro atoms. The summed E-state index contributed by atoms with van der Waals surface area (Å²) in [6.07, 6.45) is 0. The molecule has 8 nitrogen and oxygen atoms in total. The Bertz CT molecular complexity index is 1090. The summed E-state index contributed by atoms with van der Waals surface area (Å²) in [5, 5.41) is 7.21. The molecule has 1 saturated heterocycles. The third kappa shape index (κ3) is 3.52. The zero-order chi connectivity index (χ0) is 19.9. The SMILES string of the molecule is Cc1ccc(-c2nc(Cn3nc(C)c(S(=O)(=O)N4CCOCC4)c3C)cs2)o1. The average Bonchev–Trinajstić information content (AvgIpc) is 3.36. The number of morpholine rings is 1. The van der Waals surface area contributed by atoms with Crippen LogP contribution in [-0.4, -0.2) is 53.8 Å². The second kappa shape index (κ2) is 7.43. The van der Waals surface area contributed by atoms with E-state index in [-0.39, 0.29) is 4.90 Å². The van der Waals surface area contributed by atoms with Crippen LogP contribution in [0.1, 0.15) is 22.8 Å². The van der Waals surface area contributed by atoms with Gasteiger partial charge in [-0.05, 0) is 32.9 Å². The van der Waals surface area contributed by atoms with Crippen molar-refractivity contribution in [2.24, 2.45) is 0 Å². The molecule has 10 heteroatoms. The van der Waals surface area contributed by atoms with Crippen LogP contribution in [0.25, 0.3) is 10.8 Å². The number of aryl methyl sites for hydroxylation is 2. The third-order valence-electron chi connectivity index (χ3n) is 4.70. The minimum atomic E-state index is -3.59. The molecule has 0 saturated carbocycles. The quantitative estimate of drug-likeness (QED) is 0.628. The van der Waals surface area contributed by atoms with E-state index in [1.165, 1.54) is 15.6 Å². The highest BCUT2D eigenvalue weighted by atomic mass is 32.2. The van der Waals surface area contributed by atoms with Gasteiger partial charge >= 0.3 is 0 Å². The van der Waals surface area contributed by atoms with Crippen LogP contribution in [0.2, 0.25) is 0 Å². The molecular formula is C18H22N4O4S2. The molecule has 0 atom stereocenters. The van der Waals surface area contributed by atoms with Gasteiger partial charge in [0.05, 0.1) is 36.8 Å². The summed E-state index contributed by atoms with van der Waals surface area (Å²) in [6.45, 7) is 7.38. The number of aromatic nitrogens is 3. The molecule has 0 radical (unpaired) electrons. The summed E-state index contributed by atoms with van der Waals surface area (Å²) >= 11 is 1.49. The van der Waals surface area contributed by atoms with Crippen molar-refractivity contribution in [3.63, 3.8) is 0 Å². The van der Waals surface area contributed by atoms with Crippen molar-refractivity contribution in [3.8, 4) is 10.8 Å². The Labute approximate surface area is 167 Å². The number of nitrogens with zero attached hydrogens (tertiary/aromatic N) is 4. The van der Waals surface area contributed by atoms with Gasteiger partial charge < -0.3 is 9.15 Å². The van der Waals surface area contributed by atoms with E-state index in [9.17, 15) is 8.42 Å². The highest BCUT2D eigenvalue weighted by molar-refractivity contribution is 7.89. The van der Waals surface area contributed by atoms with Crippen LogP contribution < -0.4 is 0 Å². The predicted molar refractivity (Wildman–Crippen MR) is 105 cm³/mol. The van der Waals surface area contributed by atoms with Gasteiger partial charge in [0, 0.05) is 18.5 Å². The summed E-state index contributed by atoms with van der Waals surface area (Å²) in [5.74, 6) is 1.57. The largest absolute Gasteiger partial charge is 0.459 e. The fraction of sp³-hybridized carbons (Fsp3) is 0.444. The Morgan fingerprint density at radius 2 is 1.93 bits per heavy atom. The first-order chi connectivity index (χ1) is 13.4. The van der Waals surface area contributed by atoms with E-state index in [1.54, 1.807) is 18.5 Å². The van der Waals surface area contributed by atoms with Crippen LogP contribution in [-0.2, 0) is 21.3 Å². The van der Waals surface area contributed by atoms with Gasteiger partial charge in [-0.1, -0.05) is 0 Å². The fourth-order valence-corrected chi connectivity index (χ4v) is 5.87. The van der Waals surface area contributed by atoms with Crippen LogP contribution in [0.3, 0.4) is 0 Å². The smallest absolute Gasteiger partial charge is 0.246 e. The van der Waals surface area contributed by atoms with E-state index in [4.69, 9.17) is 9.15 Å². The lowest BCUT2D eigenvalue weighted by atomic mass is 10.4. The second-order valence-corrected chi connectivity index (χ2v) is 9.46. The summed E-state index contributed by atoms with van der Waals surface area (Å²) in [4.78, 5) is 4.89. The average molecular weight is 423 g/mol. The normalized spacial score (nSPS) is 16.0. The molecule has 4 heterocycles. The van der Waals surface area contributed by atoms with Crippen molar-refractivity contribution in [1.82, 2.24) is 19.1 Å². The molecule has 3 aromatic heterocycles.